The maximum Gasteiger partial charge on any atom is 0.248 e. The van der Waals surface area contributed by atoms with Gasteiger partial charge in [-0.05, 0) is 31.4 Å². The van der Waals surface area contributed by atoms with E-state index in [-0.39, 0.29) is 6.54 Å². The highest BCUT2D eigenvalue weighted by Crippen LogP contribution is 2.24. The number of hydrogen-bond donors (Lipinski definition) is 0. The van der Waals surface area contributed by atoms with E-state index >= 15 is 0 Å². The van der Waals surface area contributed by atoms with E-state index in [1.165, 1.54) is 0 Å². The highest BCUT2D eigenvalue weighted by Gasteiger charge is 2.31. The first kappa shape index (κ1) is 12.4. The molecule has 0 amide bonds. The summed E-state index contributed by atoms with van der Waals surface area (Å²) in [5.74, 6) is -2.09. The molecule has 93 valence electrons. The van der Waals surface area contributed by atoms with Crippen molar-refractivity contribution in [1.82, 2.24) is 4.31 Å². The summed E-state index contributed by atoms with van der Waals surface area (Å²) in [5.41, 5.74) is 0. The first-order chi connectivity index (χ1) is 8.03. The monoisotopic (exact) mass is 260 g/mol. The quantitative estimate of drug-likeness (QED) is 0.815. The Kier molecular flexibility index (Phi) is 3.44. The van der Waals surface area contributed by atoms with Gasteiger partial charge >= 0.3 is 0 Å². The largest absolute Gasteiger partial charge is 0.248 e. The van der Waals surface area contributed by atoms with Crippen LogP contribution < -0.4 is 0 Å². The molecular weight excluding hydrogens is 248 g/mol. The zero-order valence-corrected chi connectivity index (χ0v) is 9.88. The van der Waals surface area contributed by atoms with Crippen molar-refractivity contribution in [2.24, 2.45) is 0 Å². The SMILES string of the molecule is O=S(=O)(c1c(F)cccc1F)N1C[CH]CCC1. The molecule has 0 saturated carbocycles. The molecule has 0 aromatic heterocycles. The molecule has 1 aliphatic rings. The van der Waals surface area contributed by atoms with Crippen LogP contribution in [0.3, 0.4) is 0 Å². The number of nitrogens with zero attached hydrogens (tertiary/aromatic N) is 1. The molecule has 1 aromatic rings. The van der Waals surface area contributed by atoms with E-state index in [2.05, 4.69) is 0 Å². The maximum absolute atomic E-state index is 13.4. The predicted molar refractivity (Wildman–Crippen MR) is 58.7 cm³/mol. The second-order valence-corrected chi connectivity index (χ2v) is 5.72. The van der Waals surface area contributed by atoms with Crippen LogP contribution in [0.5, 0.6) is 0 Å². The molecule has 1 saturated heterocycles. The third-order valence-electron chi connectivity index (χ3n) is 2.67. The van der Waals surface area contributed by atoms with Crippen molar-refractivity contribution in [3.8, 4) is 0 Å². The molecule has 0 N–H and O–H groups in total. The van der Waals surface area contributed by atoms with Gasteiger partial charge in [-0.25, -0.2) is 17.2 Å². The van der Waals surface area contributed by atoms with Crippen LogP contribution in [0, 0.1) is 18.1 Å². The smallest absolute Gasteiger partial charge is 0.207 e. The molecule has 0 bridgehead atoms. The summed E-state index contributed by atoms with van der Waals surface area (Å²) in [4.78, 5) is -0.852. The van der Waals surface area contributed by atoms with Crippen LogP contribution in [0.2, 0.25) is 0 Å². The first-order valence-corrected chi connectivity index (χ1v) is 6.73. The average Bonchev–Trinajstić information content (AvgIpc) is 2.29. The van der Waals surface area contributed by atoms with Gasteiger partial charge in [-0.3, -0.25) is 0 Å². The molecule has 0 atom stereocenters. The molecule has 1 aromatic carbocycles. The summed E-state index contributed by atoms with van der Waals surface area (Å²) in [7, 11) is -4.07. The fourth-order valence-electron chi connectivity index (χ4n) is 1.81. The number of piperidine rings is 1. The van der Waals surface area contributed by atoms with Crippen molar-refractivity contribution in [2.75, 3.05) is 13.1 Å². The molecule has 3 nitrogen and oxygen atoms in total. The van der Waals surface area contributed by atoms with Crippen LogP contribution in [-0.2, 0) is 10.0 Å². The van der Waals surface area contributed by atoms with Gasteiger partial charge < -0.3 is 0 Å². The van der Waals surface area contributed by atoms with Crippen LogP contribution in [0.1, 0.15) is 12.8 Å². The number of benzene rings is 1. The van der Waals surface area contributed by atoms with Crippen molar-refractivity contribution in [3.63, 3.8) is 0 Å². The first-order valence-electron chi connectivity index (χ1n) is 5.29. The standard InChI is InChI=1S/C11H12F2NO2S/c12-9-5-4-6-10(13)11(9)17(15,16)14-7-2-1-3-8-14/h2,4-6H,1,3,7-8H2. The topological polar surface area (TPSA) is 37.4 Å². The molecule has 1 heterocycles. The lowest BCUT2D eigenvalue weighted by Crippen LogP contribution is -2.36. The van der Waals surface area contributed by atoms with Gasteiger partial charge in [0.05, 0.1) is 0 Å². The van der Waals surface area contributed by atoms with Gasteiger partial charge in [-0.1, -0.05) is 6.07 Å². The molecular formula is C11H12F2NO2S. The zero-order valence-electron chi connectivity index (χ0n) is 9.07. The number of sulfonamides is 1. The Morgan fingerprint density at radius 2 is 1.82 bits per heavy atom. The minimum Gasteiger partial charge on any atom is -0.207 e. The van der Waals surface area contributed by atoms with E-state index in [9.17, 15) is 17.2 Å². The average molecular weight is 260 g/mol. The lowest BCUT2D eigenvalue weighted by Gasteiger charge is -2.25. The number of hydrogen-bond acceptors (Lipinski definition) is 2. The Morgan fingerprint density at radius 3 is 2.35 bits per heavy atom. The molecule has 1 fully saturated rings. The third kappa shape index (κ3) is 2.32. The third-order valence-corrected chi connectivity index (χ3v) is 4.58. The zero-order chi connectivity index (χ0) is 12.5. The van der Waals surface area contributed by atoms with E-state index in [1.807, 2.05) is 0 Å². The van der Waals surface area contributed by atoms with Crippen LogP contribution in [0.15, 0.2) is 23.1 Å². The second kappa shape index (κ2) is 4.70. The lowest BCUT2D eigenvalue weighted by molar-refractivity contribution is 0.384. The van der Waals surface area contributed by atoms with Crippen molar-refractivity contribution >= 4 is 10.0 Å². The Balaban J connectivity index is 2.44. The maximum atomic E-state index is 13.4. The van der Waals surface area contributed by atoms with Gasteiger partial charge in [0.1, 0.15) is 11.6 Å². The van der Waals surface area contributed by atoms with Gasteiger partial charge in [-0.2, -0.15) is 4.31 Å². The Hall–Kier alpha value is -1.01. The summed E-state index contributed by atoms with van der Waals surface area (Å²) in [6.07, 6.45) is 3.29. The van der Waals surface area contributed by atoms with Crippen molar-refractivity contribution < 1.29 is 17.2 Å². The fourth-order valence-corrected chi connectivity index (χ4v) is 3.37. The van der Waals surface area contributed by atoms with Crippen molar-refractivity contribution in [1.29, 1.82) is 0 Å². The van der Waals surface area contributed by atoms with E-state index in [4.69, 9.17) is 0 Å². The minimum atomic E-state index is -4.07. The minimum absolute atomic E-state index is 0.204. The number of rotatable bonds is 2. The lowest BCUT2D eigenvalue weighted by atomic mass is 10.2. The molecule has 0 aliphatic carbocycles. The predicted octanol–water partition coefficient (Wildman–Crippen LogP) is 1.95. The Morgan fingerprint density at radius 1 is 1.18 bits per heavy atom. The van der Waals surface area contributed by atoms with Crippen LogP contribution in [0.25, 0.3) is 0 Å². The highest BCUT2D eigenvalue weighted by molar-refractivity contribution is 7.89. The molecule has 0 spiro atoms. The summed E-state index contributed by atoms with van der Waals surface area (Å²) in [6, 6.07) is 3.04. The van der Waals surface area contributed by atoms with Gasteiger partial charge in [0.25, 0.3) is 0 Å². The van der Waals surface area contributed by atoms with Gasteiger partial charge in [0.15, 0.2) is 4.90 Å². The van der Waals surface area contributed by atoms with Crippen LogP contribution in [-0.4, -0.2) is 25.8 Å². The van der Waals surface area contributed by atoms with E-state index in [0.29, 0.717) is 13.0 Å². The molecule has 1 aliphatic heterocycles. The van der Waals surface area contributed by atoms with E-state index in [0.717, 1.165) is 28.9 Å². The van der Waals surface area contributed by atoms with E-state index < -0.39 is 26.6 Å². The Labute approximate surface area is 99.1 Å². The second-order valence-electron chi connectivity index (χ2n) is 3.84. The number of halogens is 2. The fraction of sp³-hybridized carbons (Fsp3) is 0.364. The van der Waals surface area contributed by atoms with E-state index in [1.54, 1.807) is 6.42 Å². The van der Waals surface area contributed by atoms with Crippen molar-refractivity contribution in [2.45, 2.75) is 17.7 Å². The van der Waals surface area contributed by atoms with Gasteiger partial charge in [0, 0.05) is 13.1 Å². The van der Waals surface area contributed by atoms with Crippen LogP contribution >= 0.6 is 0 Å². The normalized spacial score (nSPS) is 18.2. The molecule has 2 rings (SSSR count). The van der Waals surface area contributed by atoms with Gasteiger partial charge in [0.2, 0.25) is 10.0 Å². The Bertz CT molecular complexity index is 490. The summed E-state index contributed by atoms with van der Waals surface area (Å²) >= 11 is 0. The summed E-state index contributed by atoms with van der Waals surface area (Å²) in [6.45, 7) is 0.503. The molecule has 6 heteroatoms. The molecule has 0 unspecified atom stereocenters. The summed E-state index contributed by atoms with van der Waals surface area (Å²) in [5, 5.41) is 0. The van der Waals surface area contributed by atoms with Gasteiger partial charge in [-0.15, -0.1) is 0 Å². The van der Waals surface area contributed by atoms with Crippen LogP contribution in [0.4, 0.5) is 8.78 Å². The molecule has 1 radical (unpaired) electrons. The van der Waals surface area contributed by atoms with Crippen molar-refractivity contribution in [3.05, 3.63) is 36.3 Å². The highest BCUT2D eigenvalue weighted by atomic mass is 32.2. The summed E-state index contributed by atoms with van der Waals surface area (Å²) < 4.78 is 52.1. The molecule has 17 heavy (non-hydrogen) atoms.